The summed E-state index contributed by atoms with van der Waals surface area (Å²) in [6.07, 6.45) is 2.35. The van der Waals surface area contributed by atoms with E-state index in [0.717, 1.165) is 13.0 Å². The van der Waals surface area contributed by atoms with E-state index in [4.69, 9.17) is 10.5 Å². The molecule has 0 bridgehead atoms. The van der Waals surface area contributed by atoms with Gasteiger partial charge < -0.3 is 15.8 Å². The lowest BCUT2D eigenvalue weighted by Crippen LogP contribution is -2.28. The molecule has 1 saturated heterocycles. The van der Waals surface area contributed by atoms with Crippen molar-refractivity contribution in [1.29, 1.82) is 0 Å². The first kappa shape index (κ1) is 11.0. The van der Waals surface area contributed by atoms with E-state index in [9.17, 15) is 4.79 Å². The van der Waals surface area contributed by atoms with Crippen molar-refractivity contribution in [1.82, 2.24) is 5.32 Å². The summed E-state index contributed by atoms with van der Waals surface area (Å²) in [6, 6.07) is 7.40. The fourth-order valence-electron chi connectivity index (χ4n) is 1.83. The molecule has 0 aliphatic carbocycles. The topological polar surface area (TPSA) is 64.4 Å². The van der Waals surface area contributed by atoms with Gasteiger partial charge in [0.25, 0.3) is 0 Å². The fourth-order valence-corrected chi connectivity index (χ4v) is 1.83. The second-order valence-corrected chi connectivity index (χ2v) is 4.00. The summed E-state index contributed by atoms with van der Waals surface area (Å²) in [5, 5.41) is 3.35. The van der Waals surface area contributed by atoms with Crippen LogP contribution >= 0.6 is 0 Å². The summed E-state index contributed by atoms with van der Waals surface area (Å²) < 4.78 is 5.61. The van der Waals surface area contributed by atoms with E-state index in [0.29, 0.717) is 24.0 Å². The molecule has 1 heterocycles. The van der Waals surface area contributed by atoms with Crippen LogP contribution in [-0.2, 0) is 0 Å². The van der Waals surface area contributed by atoms with Gasteiger partial charge in [-0.15, -0.1) is 0 Å². The van der Waals surface area contributed by atoms with Crippen LogP contribution in [0, 0.1) is 0 Å². The van der Waals surface area contributed by atoms with Crippen LogP contribution in [0.1, 0.15) is 23.2 Å². The Bertz CT molecular complexity index is 373. The number of hydrogen-bond acceptors (Lipinski definition) is 3. The van der Waals surface area contributed by atoms with Crippen molar-refractivity contribution in [2.45, 2.75) is 18.9 Å². The highest BCUT2D eigenvalue weighted by Crippen LogP contribution is 2.14. The van der Waals surface area contributed by atoms with Gasteiger partial charge in [0.05, 0.1) is 0 Å². The minimum Gasteiger partial charge on any atom is -0.492 e. The first-order chi connectivity index (χ1) is 7.75. The Hall–Kier alpha value is -1.55. The van der Waals surface area contributed by atoms with E-state index in [2.05, 4.69) is 5.32 Å². The predicted octanol–water partition coefficient (Wildman–Crippen LogP) is 0.916. The molecule has 0 spiro atoms. The summed E-state index contributed by atoms with van der Waals surface area (Å²) in [6.45, 7) is 1.71. The zero-order valence-electron chi connectivity index (χ0n) is 9.11. The number of amides is 1. The summed E-state index contributed by atoms with van der Waals surface area (Å²) in [5.41, 5.74) is 5.68. The lowest BCUT2D eigenvalue weighted by molar-refractivity contribution is 0.1000. The standard InChI is InChI=1S/C12H16N2O2/c13-12(15)9-3-1-5-11(7-9)16-8-10-4-2-6-14-10/h1,3,5,7,10,14H,2,4,6,8H2,(H2,13,15)/t10-/m0/s1. The van der Waals surface area contributed by atoms with Crippen LogP contribution in [0.25, 0.3) is 0 Å². The summed E-state index contributed by atoms with van der Waals surface area (Å²) in [7, 11) is 0. The van der Waals surface area contributed by atoms with Gasteiger partial charge in [-0.25, -0.2) is 0 Å². The Kier molecular flexibility index (Phi) is 3.41. The maximum absolute atomic E-state index is 11.0. The third-order valence-electron chi connectivity index (χ3n) is 2.73. The van der Waals surface area contributed by atoms with E-state index < -0.39 is 5.91 Å². The highest BCUT2D eigenvalue weighted by molar-refractivity contribution is 5.93. The number of nitrogens with one attached hydrogen (secondary N) is 1. The summed E-state index contributed by atoms with van der Waals surface area (Å²) >= 11 is 0. The largest absolute Gasteiger partial charge is 0.492 e. The zero-order valence-corrected chi connectivity index (χ0v) is 9.11. The normalized spacial score (nSPS) is 19.6. The van der Waals surface area contributed by atoms with Gasteiger partial charge in [0.1, 0.15) is 12.4 Å². The second-order valence-electron chi connectivity index (χ2n) is 4.00. The minimum absolute atomic E-state index is 0.426. The van der Waals surface area contributed by atoms with Gasteiger partial charge in [-0.3, -0.25) is 4.79 Å². The molecular formula is C12H16N2O2. The summed E-state index contributed by atoms with van der Waals surface area (Å²) in [5.74, 6) is 0.273. The zero-order chi connectivity index (χ0) is 11.4. The number of carbonyl (C=O) groups excluding carboxylic acids is 1. The van der Waals surface area contributed by atoms with Crippen molar-refractivity contribution in [3.05, 3.63) is 29.8 Å². The maximum atomic E-state index is 11.0. The van der Waals surface area contributed by atoms with Crippen molar-refractivity contribution in [3.8, 4) is 5.75 Å². The number of nitrogens with two attached hydrogens (primary N) is 1. The molecule has 0 radical (unpaired) electrons. The maximum Gasteiger partial charge on any atom is 0.248 e. The number of hydrogen-bond donors (Lipinski definition) is 2. The van der Waals surface area contributed by atoms with Crippen molar-refractivity contribution in [2.24, 2.45) is 5.73 Å². The van der Waals surface area contributed by atoms with Gasteiger partial charge in [-0.1, -0.05) is 6.07 Å². The number of benzene rings is 1. The molecule has 4 heteroatoms. The molecule has 2 rings (SSSR count). The lowest BCUT2D eigenvalue weighted by atomic mass is 10.2. The van der Waals surface area contributed by atoms with Crippen LogP contribution in [0.5, 0.6) is 5.75 Å². The average molecular weight is 220 g/mol. The van der Waals surface area contributed by atoms with Gasteiger partial charge in [-0.05, 0) is 37.6 Å². The molecule has 1 fully saturated rings. The number of primary amides is 1. The van der Waals surface area contributed by atoms with Crippen molar-refractivity contribution >= 4 is 5.91 Å². The first-order valence-corrected chi connectivity index (χ1v) is 5.52. The van der Waals surface area contributed by atoms with E-state index in [1.165, 1.54) is 6.42 Å². The molecule has 1 aliphatic heterocycles. The summed E-state index contributed by atoms with van der Waals surface area (Å²) in [4.78, 5) is 11.0. The Morgan fingerprint density at radius 2 is 2.44 bits per heavy atom. The van der Waals surface area contributed by atoms with E-state index >= 15 is 0 Å². The van der Waals surface area contributed by atoms with Gasteiger partial charge in [-0.2, -0.15) is 0 Å². The molecule has 86 valence electrons. The Morgan fingerprint density at radius 3 is 3.12 bits per heavy atom. The molecule has 1 aromatic carbocycles. The molecule has 0 aromatic heterocycles. The Balaban J connectivity index is 1.93. The molecule has 1 aliphatic rings. The Morgan fingerprint density at radius 1 is 1.56 bits per heavy atom. The van der Waals surface area contributed by atoms with Gasteiger partial charge in [0.2, 0.25) is 5.91 Å². The third-order valence-corrected chi connectivity index (χ3v) is 2.73. The highest BCUT2D eigenvalue weighted by Gasteiger charge is 2.14. The molecule has 16 heavy (non-hydrogen) atoms. The third kappa shape index (κ3) is 2.73. The van der Waals surface area contributed by atoms with E-state index in [1.54, 1.807) is 18.2 Å². The smallest absolute Gasteiger partial charge is 0.248 e. The van der Waals surface area contributed by atoms with Gasteiger partial charge in [0, 0.05) is 11.6 Å². The van der Waals surface area contributed by atoms with Crippen LogP contribution < -0.4 is 15.8 Å². The lowest BCUT2D eigenvalue weighted by Gasteiger charge is -2.12. The minimum atomic E-state index is -0.426. The molecule has 1 amide bonds. The Labute approximate surface area is 94.8 Å². The van der Waals surface area contributed by atoms with Crippen LogP contribution in [0.2, 0.25) is 0 Å². The molecular weight excluding hydrogens is 204 g/mol. The molecule has 1 aromatic rings. The van der Waals surface area contributed by atoms with Gasteiger partial charge >= 0.3 is 0 Å². The van der Waals surface area contributed by atoms with Crippen LogP contribution in [-0.4, -0.2) is 25.1 Å². The number of ether oxygens (including phenoxy) is 1. The highest BCUT2D eigenvalue weighted by atomic mass is 16.5. The van der Waals surface area contributed by atoms with E-state index in [-0.39, 0.29) is 0 Å². The molecule has 0 saturated carbocycles. The van der Waals surface area contributed by atoms with E-state index in [1.807, 2.05) is 6.07 Å². The van der Waals surface area contributed by atoms with Crippen LogP contribution in [0.3, 0.4) is 0 Å². The first-order valence-electron chi connectivity index (χ1n) is 5.52. The van der Waals surface area contributed by atoms with Crippen LogP contribution in [0.4, 0.5) is 0 Å². The average Bonchev–Trinajstić information content (AvgIpc) is 2.79. The SMILES string of the molecule is NC(=O)c1cccc(OC[C@@H]2CCCN2)c1. The number of carbonyl (C=O) groups is 1. The number of rotatable bonds is 4. The van der Waals surface area contributed by atoms with Crippen molar-refractivity contribution in [3.63, 3.8) is 0 Å². The quantitative estimate of drug-likeness (QED) is 0.793. The molecule has 1 atom stereocenters. The predicted molar refractivity (Wildman–Crippen MR) is 61.5 cm³/mol. The van der Waals surface area contributed by atoms with Gasteiger partial charge in [0.15, 0.2) is 0 Å². The molecule has 0 unspecified atom stereocenters. The molecule has 4 nitrogen and oxygen atoms in total. The fraction of sp³-hybridized carbons (Fsp3) is 0.417. The monoisotopic (exact) mass is 220 g/mol. The van der Waals surface area contributed by atoms with Crippen LogP contribution in [0.15, 0.2) is 24.3 Å². The van der Waals surface area contributed by atoms with Crippen molar-refractivity contribution < 1.29 is 9.53 Å². The van der Waals surface area contributed by atoms with Crippen molar-refractivity contribution in [2.75, 3.05) is 13.2 Å². The molecule has 3 N–H and O–H groups in total. The second kappa shape index (κ2) is 4.99.